The van der Waals surface area contributed by atoms with Crippen molar-refractivity contribution in [2.24, 2.45) is 0 Å². The first-order chi connectivity index (χ1) is 8.04. The molecule has 4 heteroatoms. The predicted molar refractivity (Wildman–Crippen MR) is 69.3 cm³/mol. The van der Waals surface area contributed by atoms with Crippen LogP contribution in [0.25, 0.3) is 0 Å². The first-order valence-corrected chi connectivity index (χ1v) is 5.62. The Kier molecular flexibility index (Phi) is 5.04. The Hall–Kier alpha value is -1.48. The summed E-state index contributed by atoms with van der Waals surface area (Å²) in [4.78, 5) is 13.3. The van der Waals surface area contributed by atoms with Gasteiger partial charge in [0, 0.05) is 14.1 Å². The van der Waals surface area contributed by atoms with E-state index < -0.39 is 5.97 Å². The standard InChI is InChI=1S/C13H16ClNO2/c1-15(2)8-4-5-10-6-7-11(12(14)9-10)13(16)17-3/h4,6-9H,5H2,1-3H3/b8-4+. The number of nitrogens with zero attached hydrogens (tertiary/aromatic N) is 1. The molecule has 0 saturated carbocycles. The highest BCUT2D eigenvalue weighted by Gasteiger charge is 2.10. The van der Waals surface area contributed by atoms with E-state index in [9.17, 15) is 4.79 Å². The zero-order valence-electron chi connectivity index (χ0n) is 10.2. The maximum absolute atomic E-state index is 11.3. The van der Waals surface area contributed by atoms with Crippen LogP contribution in [0.4, 0.5) is 0 Å². The molecule has 0 bridgehead atoms. The van der Waals surface area contributed by atoms with Crippen molar-refractivity contribution in [3.63, 3.8) is 0 Å². The van der Waals surface area contributed by atoms with E-state index >= 15 is 0 Å². The van der Waals surface area contributed by atoms with Gasteiger partial charge in [-0.2, -0.15) is 0 Å². The second-order valence-electron chi connectivity index (χ2n) is 3.86. The van der Waals surface area contributed by atoms with Crippen molar-refractivity contribution < 1.29 is 9.53 Å². The van der Waals surface area contributed by atoms with E-state index in [0.717, 1.165) is 12.0 Å². The Balaban J connectivity index is 2.79. The Labute approximate surface area is 107 Å². The topological polar surface area (TPSA) is 29.5 Å². The van der Waals surface area contributed by atoms with Crippen molar-refractivity contribution in [1.82, 2.24) is 4.90 Å². The summed E-state index contributed by atoms with van der Waals surface area (Å²) in [6.45, 7) is 0. The van der Waals surface area contributed by atoms with Crippen LogP contribution in [0.3, 0.4) is 0 Å². The van der Waals surface area contributed by atoms with Crippen molar-refractivity contribution in [1.29, 1.82) is 0 Å². The molecule has 0 fully saturated rings. The van der Waals surface area contributed by atoms with Gasteiger partial charge in [-0.1, -0.05) is 23.7 Å². The number of methoxy groups -OCH3 is 1. The summed E-state index contributed by atoms with van der Waals surface area (Å²) in [6.07, 6.45) is 4.78. The third-order valence-corrected chi connectivity index (χ3v) is 2.51. The van der Waals surface area contributed by atoms with Crippen molar-refractivity contribution >= 4 is 17.6 Å². The van der Waals surface area contributed by atoms with Gasteiger partial charge >= 0.3 is 5.97 Å². The number of ether oxygens (including phenoxy) is 1. The lowest BCUT2D eigenvalue weighted by atomic mass is 10.1. The number of allylic oxidation sites excluding steroid dienone is 1. The second kappa shape index (κ2) is 6.30. The normalized spacial score (nSPS) is 10.6. The zero-order chi connectivity index (χ0) is 12.8. The lowest BCUT2D eigenvalue weighted by Gasteiger charge is -2.05. The summed E-state index contributed by atoms with van der Waals surface area (Å²) in [5.74, 6) is -0.412. The van der Waals surface area contributed by atoms with Crippen LogP contribution >= 0.6 is 11.6 Å². The Morgan fingerprint density at radius 2 is 2.18 bits per heavy atom. The van der Waals surface area contributed by atoms with E-state index in [1.165, 1.54) is 7.11 Å². The van der Waals surface area contributed by atoms with E-state index in [1.807, 2.05) is 37.3 Å². The molecule has 0 amide bonds. The number of carbonyl (C=O) groups excluding carboxylic acids is 1. The molecule has 3 nitrogen and oxygen atoms in total. The maximum Gasteiger partial charge on any atom is 0.339 e. The van der Waals surface area contributed by atoms with Crippen LogP contribution in [-0.4, -0.2) is 32.1 Å². The summed E-state index contributed by atoms with van der Waals surface area (Å²) < 4.78 is 4.63. The van der Waals surface area contributed by atoms with Crippen LogP contribution in [0.1, 0.15) is 15.9 Å². The van der Waals surface area contributed by atoms with E-state index in [0.29, 0.717) is 10.6 Å². The first-order valence-electron chi connectivity index (χ1n) is 5.24. The molecule has 0 aliphatic rings. The number of esters is 1. The van der Waals surface area contributed by atoms with Crippen LogP contribution < -0.4 is 0 Å². The predicted octanol–water partition coefficient (Wildman–Crippen LogP) is 2.74. The summed E-state index contributed by atoms with van der Waals surface area (Å²) in [5.41, 5.74) is 1.45. The molecule has 0 saturated heterocycles. The highest BCUT2D eigenvalue weighted by molar-refractivity contribution is 6.33. The van der Waals surface area contributed by atoms with Crippen LogP contribution in [0, 0.1) is 0 Å². The number of benzene rings is 1. The highest BCUT2D eigenvalue weighted by Crippen LogP contribution is 2.19. The van der Waals surface area contributed by atoms with Crippen LogP contribution in [0.2, 0.25) is 5.02 Å². The number of halogens is 1. The molecule has 1 rings (SSSR count). The fourth-order valence-electron chi connectivity index (χ4n) is 1.36. The smallest absolute Gasteiger partial charge is 0.339 e. The SMILES string of the molecule is COC(=O)c1ccc(C/C=C/N(C)C)cc1Cl. The van der Waals surface area contributed by atoms with Gasteiger partial charge in [-0.15, -0.1) is 0 Å². The van der Waals surface area contributed by atoms with Gasteiger partial charge in [0.1, 0.15) is 0 Å². The van der Waals surface area contributed by atoms with Crippen LogP contribution in [-0.2, 0) is 11.2 Å². The number of carbonyl (C=O) groups is 1. The Morgan fingerprint density at radius 1 is 1.47 bits per heavy atom. The molecule has 92 valence electrons. The summed E-state index contributed by atoms with van der Waals surface area (Å²) in [5, 5.41) is 0.424. The van der Waals surface area contributed by atoms with Gasteiger partial charge in [-0.05, 0) is 30.3 Å². The molecule has 0 N–H and O–H groups in total. The fraction of sp³-hybridized carbons (Fsp3) is 0.308. The third-order valence-electron chi connectivity index (χ3n) is 2.20. The van der Waals surface area contributed by atoms with E-state index in [-0.39, 0.29) is 0 Å². The zero-order valence-corrected chi connectivity index (χ0v) is 11.0. The minimum absolute atomic E-state index is 0.398. The molecule has 0 aromatic heterocycles. The summed E-state index contributed by atoms with van der Waals surface area (Å²) in [6, 6.07) is 5.35. The van der Waals surface area contributed by atoms with Gasteiger partial charge in [0.25, 0.3) is 0 Å². The largest absolute Gasteiger partial charge is 0.465 e. The van der Waals surface area contributed by atoms with Gasteiger partial charge in [0.15, 0.2) is 0 Å². The van der Waals surface area contributed by atoms with Crippen LogP contribution in [0.15, 0.2) is 30.5 Å². The fourth-order valence-corrected chi connectivity index (χ4v) is 1.64. The molecule has 1 aromatic rings. The van der Waals surface area contributed by atoms with Gasteiger partial charge in [-0.3, -0.25) is 0 Å². The third kappa shape index (κ3) is 4.11. The molecular formula is C13H16ClNO2. The molecule has 0 unspecified atom stereocenters. The average molecular weight is 254 g/mol. The quantitative estimate of drug-likeness (QED) is 0.773. The van der Waals surface area contributed by atoms with Gasteiger partial charge in [0.2, 0.25) is 0 Å². The van der Waals surface area contributed by atoms with E-state index in [2.05, 4.69) is 4.74 Å². The first kappa shape index (κ1) is 13.6. The molecule has 0 radical (unpaired) electrons. The molecule has 0 aliphatic heterocycles. The number of rotatable bonds is 4. The van der Waals surface area contributed by atoms with E-state index in [4.69, 9.17) is 11.6 Å². The molecular weight excluding hydrogens is 238 g/mol. The minimum Gasteiger partial charge on any atom is -0.465 e. The lowest BCUT2D eigenvalue weighted by molar-refractivity contribution is 0.0601. The summed E-state index contributed by atoms with van der Waals surface area (Å²) in [7, 11) is 5.26. The maximum atomic E-state index is 11.3. The van der Waals surface area contributed by atoms with Crippen molar-refractivity contribution in [3.05, 3.63) is 46.6 Å². The second-order valence-corrected chi connectivity index (χ2v) is 4.27. The van der Waals surface area contributed by atoms with Crippen molar-refractivity contribution in [2.45, 2.75) is 6.42 Å². The number of hydrogen-bond acceptors (Lipinski definition) is 3. The average Bonchev–Trinajstić information content (AvgIpc) is 2.28. The molecule has 0 spiro atoms. The Bertz CT molecular complexity index is 427. The molecule has 0 atom stereocenters. The molecule has 17 heavy (non-hydrogen) atoms. The Morgan fingerprint density at radius 3 is 2.71 bits per heavy atom. The molecule has 1 aromatic carbocycles. The van der Waals surface area contributed by atoms with Gasteiger partial charge < -0.3 is 9.64 Å². The summed E-state index contributed by atoms with van der Waals surface area (Å²) >= 11 is 6.01. The highest BCUT2D eigenvalue weighted by atomic mass is 35.5. The molecule has 0 aliphatic carbocycles. The van der Waals surface area contributed by atoms with Crippen molar-refractivity contribution in [3.8, 4) is 0 Å². The monoisotopic (exact) mass is 253 g/mol. The lowest BCUT2D eigenvalue weighted by Crippen LogP contribution is -2.02. The van der Waals surface area contributed by atoms with Crippen LogP contribution in [0.5, 0.6) is 0 Å². The van der Waals surface area contributed by atoms with Crippen molar-refractivity contribution in [2.75, 3.05) is 21.2 Å². The minimum atomic E-state index is -0.412. The number of hydrogen-bond donors (Lipinski definition) is 0. The van der Waals surface area contributed by atoms with E-state index in [1.54, 1.807) is 12.1 Å². The van der Waals surface area contributed by atoms with Gasteiger partial charge in [-0.25, -0.2) is 4.79 Å². The molecule has 0 heterocycles. The van der Waals surface area contributed by atoms with Gasteiger partial charge in [0.05, 0.1) is 17.7 Å².